The van der Waals surface area contributed by atoms with Crippen LogP contribution in [-0.4, -0.2) is 27.5 Å². The summed E-state index contributed by atoms with van der Waals surface area (Å²) in [5, 5.41) is 4.27. The molecule has 2 rings (SSSR count). The monoisotopic (exact) mass is 315 g/mol. The third-order valence-corrected chi connectivity index (χ3v) is 4.72. The van der Waals surface area contributed by atoms with Crippen LogP contribution in [0.3, 0.4) is 0 Å². The van der Waals surface area contributed by atoms with Crippen molar-refractivity contribution < 1.29 is 0 Å². The van der Waals surface area contributed by atoms with Gasteiger partial charge in [-0.1, -0.05) is 12.8 Å². The third kappa shape index (κ3) is 3.58. The van der Waals surface area contributed by atoms with Crippen LogP contribution in [0.1, 0.15) is 31.5 Å². The molecule has 1 aromatic heterocycles. The van der Waals surface area contributed by atoms with Crippen LogP contribution in [-0.2, 0) is 0 Å². The molecule has 5 heteroatoms. The Balaban J connectivity index is 2.08. The predicted octanol–water partition coefficient (Wildman–Crippen LogP) is 3.63. The van der Waals surface area contributed by atoms with Gasteiger partial charge in [0.1, 0.15) is 16.2 Å². The maximum absolute atomic E-state index is 4.44. The minimum atomic E-state index is 0.542. The van der Waals surface area contributed by atoms with Gasteiger partial charge in [0.15, 0.2) is 0 Å². The standard InChI is InChI=1S/C12H18BrN3S/c1-8-14-11(13)7-12(15-8)16-9-5-3-4-6-10(9)17-2/h7,9-10H,3-6H2,1-2H3,(H,14,15,16). The quantitative estimate of drug-likeness (QED) is 0.864. The van der Waals surface area contributed by atoms with E-state index in [1.54, 1.807) is 0 Å². The molecule has 94 valence electrons. The fourth-order valence-electron chi connectivity index (χ4n) is 2.34. The van der Waals surface area contributed by atoms with Crippen LogP contribution < -0.4 is 5.32 Å². The lowest BCUT2D eigenvalue weighted by Gasteiger charge is -2.31. The van der Waals surface area contributed by atoms with Gasteiger partial charge in [-0.25, -0.2) is 9.97 Å². The first kappa shape index (κ1) is 13.1. The van der Waals surface area contributed by atoms with E-state index in [2.05, 4.69) is 37.5 Å². The molecule has 0 bridgehead atoms. The Hall–Kier alpha value is -0.290. The van der Waals surface area contributed by atoms with E-state index < -0.39 is 0 Å². The lowest BCUT2D eigenvalue weighted by molar-refractivity contribution is 0.474. The van der Waals surface area contributed by atoms with Gasteiger partial charge in [-0.15, -0.1) is 0 Å². The Bertz CT molecular complexity index is 366. The Kier molecular flexibility index (Phi) is 4.68. The summed E-state index contributed by atoms with van der Waals surface area (Å²) in [6.45, 7) is 1.92. The van der Waals surface area contributed by atoms with E-state index in [1.165, 1.54) is 25.7 Å². The number of nitrogens with zero attached hydrogens (tertiary/aromatic N) is 2. The molecule has 1 heterocycles. The molecule has 0 spiro atoms. The number of hydrogen-bond acceptors (Lipinski definition) is 4. The van der Waals surface area contributed by atoms with Gasteiger partial charge in [0.2, 0.25) is 0 Å². The zero-order chi connectivity index (χ0) is 12.3. The number of aromatic nitrogens is 2. The molecule has 0 radical (unpaired) electrons. The average Bonchev–Trinajstić information content (AvgIpc) is 2.28. The number of halogens is 1. The normalized spacial score (nSPS) is 24.6. The number of aryl methyl sites for hydroxylation is 1. The maximum atomic E-state index is 4.44. The average molecular weight is 316 g/mol. The fraction of sp³-hybridized carbons (Fsp3) is 0.667. The number of anilines is 1. The molecule has 3 nitrogen and oxygen atoms in total. The molecule has 0 aliphatic heterocycles. The molecule has 1 fully saturated rings. The molecule has 17 heavy (non-hydrogen) atoms. The van der Waals surface area contributed by atoms with Crippen molar-refractivity contribution in [1.29, 1.82) is 0 Å². The fourth-order valence-corrected chi connectivity index (χ4v) is 3.75. The predicted molar refractivity (Wildman–Crippen MR) is 77.7 cm³/mol. The first-order valence-corrected chi connectivity index (χ1v) is 8.07. The van der Waals surface area contributed by atoms with Gasteiger partial charge in [0.05, 0.1) is 0 Å². The topological polar surface area (TPSA) is 37.8 Å². The van der Waals surface area contributed by atoms with Crippen molar-refractivity contribution in [3.63, 3.8) is 0 Å². The molecule has 0 amide bonds. The Morgan fingerprint density at radius 2 is 2.12 bits per heavy atom. The van der Waals surface area contributed by atoms with Crippen molar-refractivity contribution in [2.45, 2.75) is 43.9 Å². The van der Waals surface area contributed by atoms with Crippen LogP contribution in [0.5, 0.6) is 0 Å². The van der Waals surface area contributed by atoms with Crippen molar-refractivity contribution in [3.05, 3.63) is 16.5 Å². The zero-order valence-electron chi connectivity index (χ0n) is 10.2. The largest absolute Gasteiger partial charge is 0.366 e. The minimum Gasteiger partial charge on any atom is -0.366 e. The number of hydrogen-bond donors (Lipinski definition) is 1. The lowest BCUT2D eigenvalue weighted by atomic mass is 9.95. The molecule has 1 aromatic rings. The number of nitrogens with one attached hydrogen (secondary N) is 1. The van der Waals surface area contributed by atoms with Gasteiger partial charge in [-0.2, -0.15) is 11.8 Å². The van der Waals surface area contributed by atoms with E-state index in [4.69, 9.17) is 0 Å². The van der Waals surface area contributed by atoms with E-state index in [1.807, 2.05) is 24.8 Å². The van der Waals surface area contributed by atoms with E-state index in [-0.39, 0.29) is 0 Å². The molecule has 2 atom stereocenters. The van der Waals surface area contributed by atoms with Crippen molar-refractivity contribution in [3.8, 4) is 0 Å². The van der Waals surface area contributed by atoms with Crippen molar-refractivity contribution in [2.24, 2.45) is 0 Å². The Morgan fingerprint density at radius 1 is 1.35 bits per heavy atom. The number of thioether (sulfide) groups is 1. The van der Waals surface area contributed by atoms with Crippen LogP contribution >= 0.6 is 27.7 Å². The summed E-state index contributed by atoms with van der Waals surface area (Å²) in [5.41, 5.74) is 0. The summed E-state index contributed by atoms with van der Waals surface area (Å²) >= 11 is 5.38. The van der Waals surface area contributed by atoms with Gasteiger partial charge in [0.25, 0.3) is 0 Å². The van der Waals surface area contributed by atoms with Crippen molar-refractivity contribution in [1.82, 2.24) is 9.97 Å². The van der Waals surface area contributed by atoms with Crippen LogP contribution in [0.2, 0.25) is 0 Å². The number of rotatable bonds is 3. The van der Waals surface area contributed by atoms with Gasteiger partial charge in [0, 0.05) is 17.4 Å². The second-order valence-corrected chi connectivity index (χ2v) is 6.32. The molecule has 1 saturated carbocycles. The highest BCUT2D eigenvalue weighted by Crippen LogP contribution is 2.29. The molecule has 0 aromatic carbocycles. The summed E-state index contributed by atoms with van der Waals surface area (Å²) in [5.74, 6) is 1.74. The van der Waals surface area contributed by atoms with Crippen LogP contribution in [0.25, 0.3) is 0 Å². The first-order chi connectivity index (χ1) is 8.19. The Morgan fingerprint density at radius 3 is 2.82 bits per heavy atom. The lowest BCUT2D eigenvalue weighted by Crippen LogP contribution is -2.34. The van der Waals surface area contributed by atoms with Crippen LogP contribution in [0, 0.1) is 6.92 Å². The highest BCUT2D eigenvalue weighted by molar-refractivity contribution is 9.10. The summed E-state index contributed by atoms with van der Waals surface area (Å²) in [6, 6.07) is 2.50. The van der Waals surface area contributed by atoms with Gasteiger partial charge in [-0.3, -0.25) is 0 Å². The Labute approximate surface area is 115 Å². The van der Waals surface area contributed by atoms with E-state index in [0.29, 0.717) is 11.3 Å². The van der Waals surface area contributed by atoms with E-state index >= 15 is 0 Å². The van der Waals surface area contributed by atoms with Gasteiger partial charge in [-0.05, 0) is 42.0 Å². The molecular formula is C12H18BrN3S. The molecule has 1 aliphatic carbocycles. The highest BCUT2D eigenvalue weighted by Gasteiger charge is 2.24. The minimum absolute atomic E-state index is 0.542. The maximum Gasteiger partial charge on any atom is 0.131 e. The summed E-state index contributed by atoms with van der Waals surface area (Å²) in [4.78, 5) is 8.66. The molecule has 1 aliphatic rings. The second kappa shape index (κ2) is 6.05. The molecular weight excluding hydrogens is 298 g/mol. The molecule has 0 saturated heterocycles. The van der Waals surface area contributed by atoms with E-state index in [9.17, 15) is 0 Å². The molecule has 1 N–H and O–H groups in total. The third-order valence-electron chi connectivity index (χ3n) is 3.15. The second-order valence-electron chi connectivity index (χ2n) is 4.43. The summed E-state index contributed by atoms with van der Waals surface area (Å²) in [6.07, 6.45) is 7.43. The summed E-state index contributed by atoms with van der Waals surface area (Å²) in [7, 11) is 0. The van der Waals surface area contributed by atoms with Crippen molar-refractivity contribution >= 4 is 33.5 Å². The van der Waals surface area contributed by atoms with Crippen LogP contribution in [0.4, 0.5) is 5.82 Å². The van der Waals surface area contributed by atoms with Crippen molar-refractivity contribution in [2.75, 3.05) is 11.6 Å². The molecule has 2 unspecified atom stereocenters. The van der Waals surface area contributed by atoms with Crippen LogP contribution in [0.15, 0.2) is 10.7 Å². The summed E-state index contributed by atoms with van der Waals surface area (Å²) < 4.78 is 0.851. The van der Waals surface area contributed by atoms with Gasteiger partial charge >= 0.3 is 0 Å². The first-order valence-electron chi connectivity index (χ1n) is 5.99. The zero-order valence-corrected chi connectivity index (χ0v) is 12.6. The highest BCUT2D eigenvalue weighted by atomic mass is 79.9. The SMILES string of the molecule is CSC1CCCCC1Nc1cc(Br)nc(C)n1. The smallest absolute Gasteiger partial charge is 0.131 e. The van der Waals surface area contributed by atoms with E-state index in [0.717, 1.165) is 16.2 Å². The van der Waals surface area contributed by atoms with Gasteiger partial charge < -0.3 is 5.32 Å².